The summed E-state index contributed by atoms with van der Waals surface area (Å²) in [6.45, 7) is 7.55. The molecule has 114 valence electrons. The third-order valence-electron chi connectivity index (χ3n) is 4.40. The van der Waals surface area contributed by atoms with E-state index in [4.69, 9.17) is 5.26 Å². The monoisotopic (exact) mass is 300 g/mol. The molecule has 2 fully saturated rings. The molecule has 0 saturated carbocycles. The number of hydrogen-bond donors (Lipinski definition) is 0. The highest BCUT2D eigenvalue weighted by atomic mass is 32.2. The van der Waals surface area contributed by atoms with E-state index in [1.54, 1.807) is 8.61 Å². The van der Waals surface area contributed by atoms with Crippen LogP contribution in [0.2, 0.25) is 0 Å². The Kier molecular flexibility index (Phi) is 5.02. The second-order valence-electron chi connectivity index (χ2n) is 5.83. The summed E-state index contributed by atoms with van der Waals surface area (Å²) in [5, 5.41) is 8.91. The van der Waals surface area contributed by atoms with E-state index in [0.29, 0.717) is 45.2 Å². The molecule has 7 heteroatoms. The molecule has 0 bridgehead atoms. The summed E-state index contributed by atoms with van der Waals surface area (Å²) in [4.78, 5) is 2.03. The standard InChI is InChI=1S/C13H24N4O2S/c1-12-3-5-16(6-4-12)20(18,19)17-9-7-15(8-10-17)13(2)11-14/h12-13H,3-10H2,1-2H3. The zero-order valence-corrected chi connectivity index (χ0v) is 13.1. The van der Waals surface area contributed by atoms with Gasteiger partial charge in [0.05, 0.1) is 12.1 Å². The van der Waals surface area contributed by atoms with Gasteiger partial charge < -0.3 is 0 Å². The lowest BCUT2D eigenvalue weighted by molar-refractivity contribution is 0.160. The van der Waals surface area contributed by atoms with Crippen molar-refractivity contribution < 1.29 is 8.42 Å². The van der Waals surface area contributed by atoms with Crippen LogP contribution in [0.25, 0.3) is 0 Å². The van der Waals surface area contributed by atoms with Crippen molar-refractivity contribution in [3.63, 3.8) is 0 Å². The number of hydrogen-bond acceptors (Lipinski definition) is 4. The first-order valence-electron chi connectivity index (χ1n) is 7.34. The van der Waals surface area contributed by atoms with Gasteiger partial charge in [0.25, 0.3) is 10.2 Å². The largest absolute Gasteiger partial charge is 0.286 e. The molecule has 0 radical (unpaired) electrons. The maximum absolute atomic E-state index is 12.6. The van der Waals surface area contributed by atoms with E-state index in [0.717, 1.165) is 12.8 Å². The molecule has 6 nitrogen and oxygen atoms in total. The summed E-state index contributed by atoms with van der Waals surface area (Å²) in [5.74, 6) is 0.620. The Morgan fingerprint density at radius 2 is 1.55 bits per heavy atom. The molecule has 2 aliphatic heterocycles. The number of nitriles is 1. The first-order chi connectivity index (χ1) is 9.45. The Balaban J connectivity index is 1.94. The van der Waals surface area contributed by atoms with Gasteiger partial charge >= 0.3 is 0 Å². The average molecular weight is 300 g/mol. The van der Waals surface area contributed by atoms with Gasteiger partial charge in [0.2, 0.25) is 0 Å². The highest BCUT2D eigenvalue weighted by molar-refractivity contribution is 7.86. The van der Waals surface area contributed by atoms with E-state index < -0.39 is 10.2 Å². The fourth-order valence-corrected chi connectivity index (χ4v) is 4.41. The molecule has 20 heavy (non-hydrogen) atoms. The van der Waals surface area contributed by atoms with Gasteiger partial charge in [-0.25, -0.2) is 0 Å². The number of piperazine rings is 1. The van der Waals surface area contributed by atoms with E-state index in [-0.39, 0.29) is 6.04 Å². The molecule has 0 spiro atoms. The molecule has 2 heterocycles. The highest BCUT2D eigenvalue weighted by Crippen LogP contribution is 2.21. The topological polar surface area (TPSA) is 67.7 Å². The molecule has 0 aliphatic carbocycles. The van der Waals surface area contributed by atoms with Crippen molar-refractivity contribution >= 4 is 10.2 Å². The van der Waals surface area contributed by atoms with Gasteiger partial charge in [-0.15, -0.1) is 0 Å². The third kappa shape index (κ3) is 3.31. The molecule has 2 saturated heterocycles. The van der Waals surface area contributed by atoms with Crippen LogP contribution in [0.5, 0.6) is 0 Å². The summed E-state index contributed by atoms with van der Waals surface area (Å²) < 4.78 is 28.3. The summed E-state index contributed by atoms with van der Waals surface area (Å²) in [6.07, 6.45) is 1.90. The number of piperidine rings is 1. The second-order valence-corrected chi connectivity index (χ2v) is 7.76. The molecule has 0 aromatic carbocycles. The minimum absolute atomic E-state index is 0.143. The normalized spacial score (nSPS) is 26.2. The lowest BCUT2D eigenvalue weighted by Crippen LogP contribution is -2.55. The minimum Gasteiger partial charge on any atom is -0.286 e. The number of nitrogens with zero attached hydrogens (tertiary/aromatic N) is 4. The summed E-state index contributed by atoms with van der Waals surface area (Å²) in [6, 6.07) is 2.06. The fraction of sp³-hybridized carbons (Fsp3) is 0.923. The molecule has 0 aromatic rings. The molecular formula is C13H24N4O2S. The fourth-order valence-electron chi connectivity index (χ4n) is 2.78. The van der Waals surface area contributed by atoms with E-state index in [2.05, 4.69) is 13.0 Å². The molecule has 0 amide bonds. The van der Waals surface area contributed by atoms with Gasteiger partial charge in [-0.05, 0) is 25.7 Å². The van der Waals surface area contributed by atoms with E-state index in [9.17, 15) is 8.42 Å². The molecule has 2 rings (SSSR count). The van der Waals surface area contributed by atoms with Crippen molar-refractivity contribution in [1.29, 1.82) is 5.26 Å². The Morgan fingerprint density at radius 3 is 2.05 bits per heavy atom. The van der Waals surface area contributed by atoms with Crippen molar-refractivity contribution in [2.75, 3.05) is 39.3 Å². The Morgan fingerprint density at radius 1 is 1.05 bits per heavy atom. The minimum atomic E-state index is -3.31. The quantitative estimate of drug-likeness (QED) is 0.761. The zero-order chi connectivity index (χ0) is 14.8. The summed E-state index contributed by atoms with van der Waals surface area (Å²) >= 11 is 0. The number of rotatable bonds is 3. The van der Waals surface area contributed by atoms with Gasteiger partial charge in [-0.2, -0.15) is 22.3 Å². The van der Waals surface area contributed by atoms with E-state index >= 15 is 0 Å². The van der Waals surface area contributed by atoms with Crippen LogP contribution >= 0.6 is 0 Å². The first kappa shape index (κ1) is 15.7. The Labute approximate surface area is 122 Å². The van der Waals surface area contributed by atoms with Crippen molar-refractivity contribution in [2.45, 2.75) is 32.7 Å². The predicted octanol–water partition coefficient (Wildman–Crippen LogP) is 0.493. The molecule has 0 N–H and O–H groups in total. The van der Waals surface area contributed by atoms with Crippen LogP contribution in [0, 0.1) is 17.2 Å². The van der Waals surface area contributed by atoms with Gasteiger partial charge in [0, 0.05) is 39.3 Å². The Bertz CT molecular complexity index is 457. The maximum atomic E-state index is 12.6. The van der Waals surface area contributed by atoms with Crippen LogP contribution in [0.15, 0.2) is 0 Å². The zero-order valence-electron chi connectivity index (χ0n) is 12.3. The van der Waals surface area contributed by atoms with Crippen molar-refractivity contribution in [2.24, 2.45) is 5.92 Å². The van der Waals surface area contributed by atoms with Gasteiger partial charge in [-0.3, -0.25) is 4.90 Å². The molecule has 0 aromatic heterocycles. The molecule has 1 atom stereocenters. The molecule has 1 unspecified atom stereocenters. The van der Waals surface area contributed by atoms with Crippen molar-refractivity contribution in [3.8, 4) is 6.07 Å². The van der Waals surface area contributed by atoms with E-state index in [1.807, 2.05) is 11.8 Å². The third-order valence-corrected chi connectivity index (χ3v) is 6.44. The van der Waals surface area contributed by atoms with Crippen LogP contribution in [0.1, 0.15) is 26.7 Å². The smallest absolute Gasteiger partial charge is 0.282 e. The average Bonchev–Trinajstić information content (AvgIpc) is 2.47. The summed E-state index contributed by atoms with van der Waals surface area (Å²) in [5.41, 5.74) is 0. The van der Waals surface area contributed by atoms with Crippen molar-refractivity contribution in [3.05, 3.63) is 0 Å². The van der Waals surface area contributed by atoms with Gasteiger partial charge in [-0.1, -0.05) is 6.92 Å². The highest BCUT2D eigenvalue weighted by Gasteiger charge is 2.34. The molecule has 2 aliphatic rings. The van der Waals surface area contributed by atoms with Crippen LogP contribution in [-0.4, -0.2) is 67.2 Å². The summed E-state index contributed by atoms with van der Waals surface area (Å²) in [7, 11) is -3.31. The van der Waals surface area contributed by atoms with Crippen LogP contribution in [0.4, 0.5) is 0 Å². The SMILES string of the molecule is CC1CCN(S(=O)(=O)N2CCN(C(C)C#N)CC2)CC1. The van der Waals surface area contributed by atoms with Crippen LogP contribution in [-0.2, 0) is 10.2 Å². The first-order valence-corrected chi connectivity index (χ1v) is 8.73. The maximum Gasteiger partial charge on any atom is 0.282 e. The molecular weight excluding hydrogens is 276 g/mol. The Hall–Kier alpha value is -0.680. The van der Waals surface area contributed by atoms with Gasteiger partial charge in [0.15, 0.2) is 0 Å². The lowest BCUT2D eigenvalue weighted by atomic mass is 10.0. The van der Waals surface area contributed by atoms with Crippen molar-refractivity contribution in [1.82, 2.24) is 13.5 Å². The second kappa shape index (κ2) is 6.39. The van der Waals surface area contributed by atoms with E-state index in [1.165, 1.54) is 0 Å². The van der Waals surface area contributed by atoms with Gasteiger partial charge in [0.1, 0.15) is 0 Å². The predicted molar refractivity (Wildman–Crippen MR) is 77.1 cm³/mol. The lowest BCUT2D eigenvalue weighted by Gasteiger charge is -2.39. The van der Waals surface area contributed by atoms with Crippen LogP contribution < -0.4 is 0 Å². The van der Waals surface area contributed by atoms with Crippen LogP contribution in [0.3, 0.4) is 0 Å².